The summed E-state index contributed by atoms with van der Waals surface area (Å²) in [4.78, 5) is 1.02. The Morgan fingerprint density at radius 3 is 2.75 bits per heavy atom. The van der Waals surface area contributed by atoms with Crippen molar-refractivity contribution in [3.05, 3.63) is 17.0 Å². The van der Waals surface area contributed by atoms with E-state index in [-0.39, 0.29) is 5.54 Å². The molecular weight excluding hydrogens is 244 g/mol. The van der Waals surface area contributed by atoms with E-state index in [1.807, 2.05) is 13.0 Å². The Kier molecular flexibility index (Phi) is 3.09. The van der Waals surface area contributed by atoms with Crippen LogP contribution >= 0.6 is 11.3 Å². The summed E-state index contributed by atoms with van der Waals surface area (Å²) in [5.41, 5.74) is 5.22. The molecule has 90 valence electrons. The fraction of sp³-hybridized carbons (Fsp3) is 0.600. The second-order valence-electron chi connectivity index (χ2n) is 4.43. The zero-order chi connectivity index (χ0) is 11.8. The highest BCUT2D eigenvalue weighted by Crippen LogP contribution is 2.36. The summed E-state index contributed by atoms with van der Waals surface area (Å²) in [6.07, 6.45) is 2.58. The zero-order valence-electron chi connectivity index (χ0n) is 9.19. The van der Waals surface area contributed by atoms with Crippen LogP contribution < -0.4 is 10.5 Å². The lowest BCUT2D eigenvalue weighted by Gasteiger charge is -2.10. The summed E-state index contributed by atoms with van der Waals surface area (Å²) in [6, 6.07) is 3.49. The van der Waals surface area contributed by atoms with Crippen LogP contribution in [-0.4, -0.2) is 20.5 Å². The van der Waals surface area contributed by atoms with Crippen molar-refractivity contribution in [1.29, 1.82) is 0 Å². The summed E-state index contributed by atoms with van der Waals surface area (Å²) >= 11 is 1.30. The highest BCUT2D eigenvalue weighted by molar-refractivity contribution is 7.91. The molecule has 2 rings (SSSR count). The summed E-state index contributed by atoms with van der Waals surface area (Å²) in [6.45, 7) is 2.48. The highest BCUT2D eigenvalue weighted by atomic mass is 32.2. The van der Waals surface area contributed by atoms with Crippen molar-refractivity contribution >= 4 is 21.4 Å². The molecule has 1 aliphatic rings. The van der Waals surface area contributed by atoms with Crippen molar-refractivity contribution in [2.45, 2.75) is 35.9 Å². The van der Waals surface area contributed by atoms with Gasteiger partial charge < -0.3 is 5.73 Å². The maximum absolute atomic E-state index is 12.0. The van der Waals surface area contributed by atoms with E-state index in [1.165, 1.54) is 11.3 Å². The standard InChI is InChI=1S/C10H16N2O2S2/c1-10(5-6-10)12-16(13,14)9-3-2-8(15-9)4-7-11/h2-3,12H,4-7,11H2,1H3. The predicted molar refractivity (Wildman–Crippen MR) is 65.0 cm³/mol. The van der Waals surface area contributed by atoms with Gasteiger partial charge in [0.25, 0.3) is 10.0 Å². The lowest BCUT2D eigenvalue weighted by Crippen LogP contribution is -2.33. The van der Waals surface area contributed by atoms with Gasteiger partial charge in [-0.05, 0) is 44.9 Å². The largest absolute Gasteiger partial charge is 0.330 e. The maximum atomic E-state index is 12.0. The van der Waals surface area contributed by atoms with E-state index in [0.717, 1.165) is 24.1 Å². The van der Waals surface area contributed by atoms with Gasteiger partial charge in [-0.25, -0.2) is 13.1 Å². The molecule has 0 spiro atoms. The number of nitrogens with two attached hydrogens (primary N) is 1. The quantitative estimate of drug-likeness (QED) is 0.832. The van der Waals surface area contributed by atoms with Crippen molar-refractivity contribution in [3.8, 4) is 0 Å². The minimum atomic E-state index is -3.33. The minimum absolute atomic E-state index is 0.211. The molecule has 0 bridgehead atoms. The summed E-state index contributed by atoms with van der Waals surface area (Å²) in [5.74, 6) is 0. The zero-order valence-corrected chi connectivity index (χ0v) is 10.8. The van der Waals surface area contributed by atoms with E-state index in [9.17, 15) is 8.42 Å². The fourth-order valence-corrected chi connectivity index (χ4v) is 4.28. The van der Waals surface area contributed by atoms with Crippen LogP contribution in [-0.2, 0) is 16.4 Å². The van der Waals surface area contributed by atoms with Crippen molar-refractivity contribution in [3.63, 3.8) is 0 Å². The Labute approximate surface area is 99.9 Å². The number of rotatable bonds is 5. The normalized spacial score (nSPS) is 18.6. The van der Waals surface area contributed by atoms with Gasteiger partial charge in [0.05, 0.1) is 0 Å². The van der Waals surface area contributed by atoms with Gasteiger partial charge in [0.15, 0.2) is 0 Å². The highest BCUT2D eigenvalue weighted by Gasteiger charge is 2.41. The summed E-state index contributed by atoms with van der Waals surface area (Å²) < 4.78 is 27.1. The van der Waals surface area contributed by atoms with Gasteiger partial charge >= 0.3 is 0 Å². The fourth-order valence-electron chi connectivity index (χ4n) is 1.44. The van der Waals surface area contributed by atoms with E-state index in [1.54, 1.807) is 6.07 Å². The van der Waals surface area contributed by atoms with Crippen LogP contribution in [0.5, 0.6) is 0 Å². The molecule has 0 radical (unpaired) electrons. The topological polar surface area (TPSA) is 72.2 Å². The minimum Gasteiger partial charge on any atom is -0.330 e. The molecule has 1 saturated carbocycles. The van der Waals surface area contributed by atoms with Gasteiger partial charge in [-0.15, -0.1) is 11.3 Å². The Morgan fingerprint density at radius 1 is 1.50 bits per heavy atom. The van der Waals surface area contributed by atoms with Crippen molar-refractivity contribution < 1.29 is 8.42 Å². The Hall–Kier alpha value is -0.430. The van der Waals surface area contributed by atoms with Crippen molar-refractivity contribution in [2.75, 3.05) is 6.54 Å². The number of thiophene rings is 1. The molecule has 1 fully saturated rings. The molecule has 0 saturated heterocycles. The Balaban J connectivity index is 2.15. The van der Waals surface area contributed by atoms with Crippen LogP contribution in [0.4, 0.5) is 0 Å². The summed E-state index contributed by atoms with van der Waals surface area (Å²) in [5, 5.41) is 0. The molecule has 0 amide bonds. The molecular formula is C10H16N2O2S2. The van der Waals surface area contributed by atoms with Crippen LogP contribution in [0.1, 0.15) is 24.6 Å². The SMILES string of the molecule is CC1(NS(=O)(=O)c2ccc(CCN)s2)CC1. The molecule has 1 aliphatic carbocycles. The summed E-state index contributed by atoms with van der Waals surface area (Å²) in [7, 11) is -3.33. The smallest absolute Gasteiger partial charge is 0.250 e. The van der Waals surface area contributed by atoms with Crippen LogP contribution in [0.15, 0.2) is 16.3 Å². The van der Waals surface area contributed by atoms with E-state index in [4.69, 9.17) is 5.73 Å². The van der Waals surface area contributed by atoms with E-state index < -0.39 is 10.0 Å². The lowest BCUT2D eigenvalue weighted by atomic mass is 10.3. The molecule has 0 aromatic carbocycles. The first-order valence-electron chi connectivity index (χ1n) is 5.28. The predicted octanol–water partition coefficient (Wildman–Crippen LogP) is 1.08. The number of sulfonamides is 1. The first-order valence-corrected chi connectivity index (χ1v) is 7.58. The third-order valence-corrected chi connectivity index (χ3v) is 5.95. The molecule has 1 heterocycles. The maximum Gasteiger partial charge on any atom is 0.250 e. The van der Waals surface area contributed by atoms with E-state index >= 15 is 0 Å². The molecule has 1 aromatic rings. The van der Waals surface area contributed by atoms with Gasteiger partial charge in [-0.3, -0.25) is 0 Å². The van der Waals surface area contributed by atoms with Crippen LogP contribution in [0.2, 0.25) is 0 Å². The third kappa shape index (κ3) is 2.63. The molecule has 0 atom stereocenters. The van der Waals surface area contributed by atoms with Crippen molar-refractivity contribution in [2.24, 2.45) is 5.73 Å². The van der Waals surface area contributed by atoms with Crippen LogP contribution in [0.3, 0.4) is 0 Å². The molecule has 16 heavy (non-hydrogen) atoms. The Morgan fingerprint density at radius 2 is 2.19 bits per heavy atom. The first kappa shape index (κ1) is 12.0. The van der Waals surface area contributed by atoms with E-state index in [2.05, 4.69) is 4.72 Å². The Bertz CT molecular complexity index is 475. The number of nitrogens with one attached hydrogen (secondary N) is 1. The van der Waals surface area contributed by atoms with Crippen LogP contribution in [0, 0.1) is 0 Å². The molecule has 0 unspecified atom stereocenters. The van der Waals surface area contributed by atoms with Gasteiger partial charge in [-0.2, -0.15) is 0 Å². The van der Waals surface area contributed by atoms with Crippen LogP contribution in [0.25, 0.3) is 0 Å². The monoisotopic (exact) mass is 260 g/mol. The van der Waals surface area contributed by atoms with Gasteiger partial charge in [0.1, 0.15) is 4.21 Å². The first-order chi connectivity index (χ1) is 7.45. The number of hydrogen-bond acceptors (Lipinski definition) is 4. The molecule has 4 nitrogen and oxygen atoms in total. The van der Waals surface area contributed by atoms with Gasteiger partial charge in [0.2, 0.25) is 0 Å². The molecule has 3 N–H and O–H groups in total. The van der Waals surface area contributed by atoms with Gasteiger partial charge in [-0.1, -0.05) is 0 Å². The van der Waals surface area contributed by atoms with Crippen molar-refractivity contribution in [1.82, 2.24) is 4.72 Å². The number of hydrogen-bond donors (Lipinski definition) is 2. The molecule has 0 aliphatic heterocycles. The average Bonchev–Trinajstić information content (AvgIpc) is 2.73. The average molecular weight is 260 g/mol. The second kappa shape index (κ2) is 4.10. The lowest BCUT2D eigenvalue weighted by molar-refractivity contribution is 0.560. The van der Waals surface area contributed by atoms with Gasteiger partial charge in [0, 0.05) is 10.4 Å². The molecule has 1 aromatic heterocycles. The third-order valence-electron chi connectivity index (χ3n) is 2.67. The molecule has 6 heteroatoms. The second-order valence-corrected chi connectivity index (χ2v) is 7.50. The van der Waals surface area contributed by atoms with E-state index in [0.29, 0.717) is 10.8 Å².